The van der Waals surface area contributed by atoms with Gasteiger partial charge in [0.05, 0.1) is 6.61 Å². The third kappa shape index (κ3) is 7.27. The first-order valence-corrected chi connectivity index (χ1v) is 11.4. The van der Waals surface area contributed by atoms with E-state index in [9.17, 15) is 19.2 Å². The zero-order valence-electron chi connectivity index (χ0n) is 19.6. The highest BCUT2D eigenvalue weighted by atomic mass is 16.5. The Kier molecular flexibility index (Phi) is 9.78. The van der Waals surface area contributed by atoms with Crippen LogP contribution in [0.3, 0.4) is 0 Å². The Morgan fingerprint density at radius 3 is 2.14 bits per heavy atom. The van der Waals surface area contributed by atoms with E-state index in [4.69, 9.17) is 19.7 Å². The summed E-state index contributed by atoms with van der Waals surface area (Å²) in [6.07, 6.45) is -0.684. The summed E-state index contributed by atoms with van der Waals surface area (Å²) in [5.41, 5.74) is 4.38. The largest absolute Gasteiger partial charge is 0.480 e. The van der Waals surface area contributed by atoms with E-state index in [-0.39, 0.29) is 38.8 Å². The van der Waals surface area contributed by atoms with E-state index in [1.165, 1.54) is 0 Å². The van der Waals surface area contributed by atoms with Crippen molar-refractivity contribution in [1.82, 2.24) is 15.5 Å². The van der Waals surface area contributed by atoms with Gasteiger partial charge in [0, 0.05) is 25.6 Å². The van der Waals surface area contributed by atoms with E-state index < -0.39 is 43.6 Å². The number of carbonyl (C=O) groups excluding carboxylic acids is 3. The molecule has 0 aliphatic heterocycles. The summed E-state index contributed by atoms with van der Waals surface area (Å²) >= 11 is 0. The van der Waals surface area contributed by atoms with Crippen molar-refractivity contribution in [3.8, 4) is 11.1 Å². The van der Waals surface area contributed by atoms with Gasteiger partial charge in [-0.2, -0.15) is 0 Å². The van der Waals surface area contributed by atoms with Crippen LogP contribution in [0.15, 0.2) is 48.5 Å². The number of amides is 3. The number of rotatable bonds is 13. The van der Waals surface area contributed by atoms with Gasteiger partial charge in [-0.25, -0.2) is 4.79 Å². The van der Waals surface area contributed by atoms with E-state index in [2.05, 4.69) is 10.6 Å². The molecule has 4 N–H and O–H groups in total. The first-order chi connectivity index (χ1) is 17.4. The Hall–Kier alpha value is -3.96. The SMILES string of the molecule is O=C(O)CN(CCNC(=O)OCC1c2ccccc2-c2ccccc21)C(=O)COCC(=O)NCCO. The first kappa shape index (κ1) is 26.6. The van der Waals surface area contributed by atoms with Crippen molar-refractivity contribution < 1.29 is 38.9 Å². The van der Waals surface area contributed by atoms with Gasteiger partial charge in [0.15, 0.2) is 0 Å². The highest BCUT2D eigenvalue weighted by molar-refractivity contribution is 5.83. The number of hydrogen-bond donors (Lipinski definition) is 4. The second-order valence-corrected chi connectivity index (χ2v) is 8.03. The van der Waals surface area contributed by atoms with Crippen molar-refractivity contribution in [2.75, 3.05) is 52.6 Å². The predicted octanol–water partition coefficient (Wildman–Crippen LogP) is 0.563. The average Bonchev–Trinajstić information content (AvgIpc) is 3.19. The van der Waals surface area contributed by atoms with E-state index in [0.717, 1.165) is 27.2 Å². The van der Waals surface area contributed by atoms with Crippen molar-refractivity contribution in [2.45, 2.75) is 5.92 Å². The van der Waals surface area contributed by atoms with Crippen LogP contribution in [-0.4, -0.2) is 91.6 Å². The van der Waals surface area contributed by atoms with Gasteiger partial charge in [-0.3, -0.25) is 14.4 Å². The molecule has 0 bridgehead atoms. The molecular weight excluding hydrogens is 470 g/mol. The number of ether oxygens (including phenoxy) is 2. The molecule has 0 saturated carbocycles. The Labute approximate surface area is 208 Å². The average molecular weight is 500 g/mol. The number of alkyl carbamates (subject to hydrolysis) is 1. The molecule has 0 heterocycles. The summed E-state index contributed by atoms with van der Waals surface area (Å²) in [4.78, 5) is 48.2. The van der Waals surface area contributed by atoms with Crippen LogP contribution in [0, 0.1) is 0 Å². The van der Waals surface area contributed by atoms with Gasteiger partial charge in [-0.1, -0.05) is 48.5 Å². The maximum absolute atomic E-state index is 12.3. The molecule has 0 unspecified atom stereocenters. The number of aliphatic carboxylic acids is 1. The molecule has 3 amide bonds. The molecule has 11 heteroatoms. The molecule has 11 nitrogen and oxygen atoms in total. The summed E-state index contributed by atoms with van der Waals surface area (Å²) in [5, 5.41) is 22.6. The monoisotopic (exact) mass is 499 g/mol. The quantitative estimate of drug-likeness (QED) is 0.312. The van der Waals surface area contributed by atoms with Gasteiger partial charge in [0.2, 0.25) is 11.8 Å². The summed E-state index contributed by atoms with van der Waals surface area (Å²) in [6, 6.07) is 15.9. The Bertz CT molecular complexity index is 1040. The fourth-order valence-corrected chi connectivity index (χ4v) is 3.97. The molecular formula is C25H29N3O8. The summed E-state index contributed by atoms with van der Waals surface area (Å²) < 4.78 is 10.4. The molecule has 36 heavy (non-hydrogen) atoms. The van der Waals surface area contributed by atoms with Gasteiger partial charge in [-0.15, -0.1) is 0 Å². The molecule has 0 spiro atoms. The maximum Gasteiger partial charge on any atom is 0.407 e. The third-order valence-corrected chi connectivity index (χ3v) is 5.57. The number of carbonyl (C=O) groups is 4. The molecule has 1 aliphatic rings. The van der Waals surface area contributed by atoms with E-state index in [1.54, 1.807) is 0 Å². The van der Waals surface area contributed by atoms with Gasteiger partial charge >= 0.3 is 12.1 Å². The first-order valence-electron chi connectivity index (χ1n) is 11.4. The number of nitrogens with zero attached hydrogens (tertiary/aromatic N) is 1. The normalized spacial score (nSPS) is 11.8. The van der Waals surface area contributed by atoms with Crippen LogP contribution in [0.1, 0.15) is 17.0 Å². The van der Waals surface area contributed by atoms with Crippen LogP contribution < -0.4 is 10.6 Å². The van der Waals surface area contributed by atoms with Gasteiger partial charge in [0.25, 0.3) is 0 Å². The molecule has 3 rings (SSSR count). The minimum absolute atomic E-state index is 0.0350. The minimum Gasteiger partial charge on any atom is -0.480 e. The standard InChI is InChI=1S/C25H29N3O8/c29-12-10-26-22(30)15-35-16-23(31)28(13-24(32)33)11-9-27-25(34)36-14-21-19-7-3-1-5-17(19)18-6-2-4-8-20(18)21/h1-8,21,29H,9-16H2,(H,26,30)(H,27,34)(H,32,33). The lowest BCUT2D eigenvalue weighted by Gasteiger charge is -2.21. The van der Waals surface area contributed by atoms with Crippen molar-refractivity contribution in [3.05, 3.63) is 59.7 Å². The third-order valence-electron chi connectivity index (χ3n) is 5.57. The summed E-state index contributed by atoms with van der Waals surface area (Å²) in [6.45, 7) is -1.68. The fraction of sp³-hybridized carbons (Fsp3) is 0.360. The second-order valence-electron chi connectivity index (χ2n) is 8.03. The number of nitrogens with one attached hydrogen (secondary N) is 2. The molecule has 0 saturated heterocycles. The lowest BCUT2D eigenvalue weighted by atomic mass is 9.98. The van der Waals surface area contributed by atoms with Crippen molar-refractivity contribution >= 4 is 23.9 Å². The van der Waals surface area contributed by atoms with Crippen LogP contribution in [0.25, 0.3) is 11.1 Å². The molecule has 0 radical (unpaired) electrons. The number of aliphatic hydroxyl groups is 1. The molecule has 192 valence electrons. The number of benzene rings is 2. The van der Waals surface area contributed by atoms with Crippen molar-refractivity contribution in [3.63, 3.8) is 0 Å². The predicted molar refractivity (Wildman–Crippen MR) is 128 cm³/mol. The topological polar surface area (TPSA) is 154 Å². The molecule has 0 atom stereocenters. The summed E-state index contributed by atoms with van der Waals surface area (Å²) in [7, 11) is 0. The van der Waals surface area contributed by atoms with Crippen LogP contribution in [0.2, 0.25) is 0 Å². The Morgan fingerprint density at radius 2 is 1.53 bits per heavy atom. The van der Waals surface area contributed by atoms with E-state index in [1.807, 2.05) is 48.5 Å². The number of hydrogen-bond acceptors (Lipinski definition) is 7. The van der Waals surface area contributed by atoms with Crippen LogP contribution in [0.5, 0.6) is 0 Å². The van der Waals surface area contributed by atoms with Crippen LogP contribution in [0.4, 0.5) is 4.79 Å². The zero-order valence-corrected chi connectivity index (χ0v) is 19.6. The molecule has 0 aromatic heterocycles. The van der Waals surface area contributed by atoms with E-state index in [0.29, 0.717) is 0 Å². The number of aliphatic hydroxyl groups excluding tert-OH is 1. The smallest absolute Gasteiger partial charge is 0.407 e. The van der Waals surface area contributed by atoms with Gasteiger partial charge in [-0.05, 0) is 22.3 Å². The van der Waals surface area contributed by atoms with Gasteiger partial charge in [0.1, 0.15) is 26.4 Å². The lowest BCUT2D eigenvalue weighted by Crippen LogP contribution is -2.43. The molecule has 2 aromatic rings. The Morgan fingerprint density at radius 1 is 0.889 bits per heavy atom. The van der Waals surface area contributed by atoms with Gasteiger partial charge < -0.3 is 35.2 Å². The highest BCUT2D eigenvalue weighted by Crippen LogP contribution is 2.44. The second kappa shape index (κ2) is 13.2. The lowest BCUT2D eigenvalue weighted by molar-refractivity contribution is -0.147. The Balaban J connectivity index is 1.45. The van der Waals surface area contributed by atoms with Crippen LogP contribution >= 0.6 is 0 Å². The summed E-state index contributed by atoms with van der Waals surface area (Å²) in [5.74, 6) is -2.50. The van der Waals surface area contributed by atoms with Crippen LogP contribution in [-0.2, 0) is 23.9 Å². The van der Waals surface area contributed by atoms with E-state index >= 15 is 0 Å². The molecule has 2 aromatic carbocycles. The highest BCUT2D eigenvalue weighted by Gasteiger charge is 2.29. The zero-order chi connectivity index (χ0) is 25.9. The van der Waals surface area contributed by atoms with Crippen molar-refractivity contribution in [2.24, 2.45) is 0 Å². The fourth-order valence-electron chi connectivity index (χ4n) is 3.97. The minimum atomic E-state index is -1.23. The number of fused-ring (bicyclic) bond motifs is 3. The molecule has 0 fully saturated rings. The molecule has 1 aliphatic carbocycles. The maximum atomic E-state index is 12.3. The number of carboxylic acids is 1. The van der Waals surface area contributed by atoms with Crippen molar-refractivity contribution in [1.29, 1.82) is 0 Å². The number of carboxylic acid groups (broad SMARTS) is 1.